The average molecular weight is 282 g/mol. The number of nitrogens with two attached hydrogens (primary N) is 2. The lowest BCUT2D eigenvalue weighted by Gasteiger charge is -2.05. The number of halogens is 1. The highest BCUT2D eigenvalue weighted by molar-refractivity contribution is 6.31. The molecule has 0 aromatic heterocycles. The van der Waals surface area contributed by atoms with Crippen LogP contribution in [0.5, 0.6) is 0 Å². The van der Waals surface area contributed by atoms with Gasteiger partial charge in [0, 0.05) is 10.6 Å². The summed E-state index contributed by atoms with van der Waals surface area (Å²) in [6, 6.07) is 5.19. The Morgan fingerprint density at radius 2 is 2.00 bits per heavy atom. The number of hydrogen-bond donors (Lipinski definition) is 2. The van der Waals surface area contributed by atoms with Gasteiger partial charge >= 0.3 is 0 Å². The molecule has 1 aromatic rings. The zero-order valence-electron chi connectivity index (χ0n) is 11.2. The molecule has 0 bridgehead atoms. The predicted octanol–water partition coefficient (Wildman–Crippen LogP) is 2.88. The fourth-order valence-corrected chi connectivity index (χ4v) is 2.08. The first-order valence-corrected chi connectivity index (χ1v) is 6.84. The van der Waals surface area contributed by atoms with Crippen molar-refractivity contribution in [2.75, 3.05) is 0 Å². The lowest BCUT2D eigenvalue weighted by Crippen LogP contribution is -2.24. The van der Waals surface area contributed by atoms with Crippen molar-refractivity contribution in [3.8, 4) is 0 Å². The van der Waals surface area contributed by atoms with Gasteiger partial charge in [-0.3, -0.25) is 4.79 Å². The second-order valence-electron chi connectivity index (χ2n) is 4.46. The Kier molecular flexibility index (Phi) is 6.36. The summed E-state index contributed by atoms with van der Waals surface area (Å²) in [4.78, 5) is 15.1. The number of guanidine groups is 1. The van der Waals surface area contributed by atoms with Crippen molar-refractivity contribution in [2.45, 2.75) is 39.0 Å². The Morgan fingerprint density at radius 1 is 1.26 bits per heavy atom. The maximum Gasteiger partial charge on any atom is 0.280 e. The number of aryl methyl sites for hydroxylation is 1. The lowest BCUT2D eigenvalue weighted by atomic mass is 10.0. The van der Waals surface area contributed by atoms with Crippen LogP contribution in [0.2, 0.25) is 5.02 Å². The third-order valence-corrected chi connectivity index (χ3v) is 3.18. The fraction of sp³-hybridized carbons (Fsp3) is 0.429. The van der Waals surface area contributed by atoms with Crippen molar-refractivity contribution in [2.24, 2.45) is 16.5 Å². The van der Waals surface area contributed by atoms with E-state index in [1.807, 2.05) is 6.07 Å². The third-order valence-electron chi connectivity index (χ3n) is 2.83. The van der Waals surface area contributed by atoms with E-state index >= 15 is 0 Å². The Hall–Kier alpha value is -1.55. The van der Waals surface area contributed by atoms with E-state index in [1.54, 1.807) is 12.1 Å². The molecule has 19 heavy (non-hydrogen) atoms. The van der Waals surface area contributed by atoms with Crippen LogP contribution in [0.1, 0.15) is 48.5 Å². The number of carbonyl (C=O) groups is 1. The van der Waals surface area contributed by atoms with Crippen LogP contribution in [0.15, 0.2) is 23.2 Å². The van der Waals surface area contributed by atoms with Crippen molar-refractivity contribution in [3.63, 3.8) is 0 Å². The van der Waals surface area contributed by atoms with Gasteiger partial charge in [-0.1, -0.05) is 43.9 Å². The van der Waals surface area contributed by atoms with Crippen LogP contribution in [0.25, 0.3) is 0 Å². The van der Waals surface area contributed by atoms with Gasteiger partial charge in [0.15, 0.2) is 5.96 Å². The quantitative estimate of drug-likeness (QED) is 0.478. The number of amides is 1. The van der Waals surface area contributed by atoms with E-state index in [4.69, 9.17) is 23.1 Å². The predicted molar refractivity (Wildman–Crippen MR) is 79.4 cm³/mol. The van der Waals surface area contributed by atoms with E-state index in [2.05, 4.69) is 11.9 Å². The van der Waals surface area contributed by atoms with Crippen LogP contribution in [-0.4, -0.2) is 11.9 Å². The molecule has 1 amide bonds. The molecule has 4 N–H and O–H groups in total. The van der Waals surface area contributed by atoms with Gasteiger partial charge in [-0.25, -0.2) is 0 Å². The lowest BCUT2D eigenvalue weighted by molar-refractivity contribution is 0.100. The summed E-state index contributed by atoms with van der Waals surface area (Å²) in [5, 5.41) is 0.591. The molecule has 0 unspecified atom stereocenters. The van der Waals surface area contributed by atoms with E-state index < -0.39 is 5.91 Å². The van der Waals surface area contributed by atoms with Crippen molar-refractivity contribution in [1.29, 1.82) is 0 Å². The summed E-state index contributed by atoms with van der Waals surface area (Å²) in [7, 11) is 0. The molecular formula is C14H20ClN3O. The first-order valence-electron chi connectivity index (χ1n) is 6.47. The molecule has 5 heteroatoms. The Labute approximate surface area is 118 Å². The summed E-state index contributed by atoms with van der Waals surface area (Å²) in [6.45, 7) is 2.18. The van der Waals surface area contributed by atoms with Crippen LogP contribution >= 0.6 is 11.6 Å². The largest absolute Gasteiger partial charge is 0.370 e. The highest BCUT2D eigenvalue weighted by Crippen LogP contribution is 2.21. The topological polar surface area (TPSA) is 81.5 Å². The maximum absolute atomic E-state index is 11.6. The second kappa shape index (κ2) is 7.79. The molecule has 0 atom stereocenters. The summed E-state index contributed by atoms with van der Waals surface area (Å²) >= 11 is 6.16. The van der Waals surface area contributed by atoms with Gasteiger partial charge in [0.25, 0.3) is 5.91 Å². The molecular weight excluding hydrogens is 262 g/mol. The van der Waals surface area contributed by atoms with Gasteiger partial charge in [0.1, 0.15) is 0 Å². The maximum atomic E-state index is 11.6. The van der Waals surface area contributed by atoms with Gasteiger partial charge in [-0.05, 0) is 30.5 Å². The SMILES string of the molecule is CCCCCCc1ccc(C(=O)N=C(N)N)cc1Cl. The van der Waals surface area contributed by atoms with Gasteiger partial charge in [0.2, 0.25) is 0 Å². The molecule has 0 saturated heterocycles. The molecule has 0 saturated carbocycles. The minimum absolute atomic E-state index is 0.246. The molecule has 0 aliphatic heterocycles. The molecule has 1 aromatic carbocycles. The second-order valence-corrected chi connectivity index (χ2v) is 4.87. The van der Waals surface area contributed by atoms with Crippen molar-refractivity contribution in [3.05, 3.63) is 34.3 Å². The van der Waals surface area contributed by atoms with Gasteiger partial charge < -0.3 is 11.5 Å². The summed E-state index contributed by atoms with van der Waals surface area (Å²) in [6.07, 6.45) is 5.67. The fourth-order valence-electron chi connectivity index (χ4n) is 1.81. The monoisotopic (exact) mass is 281 g/mol. The number of nitrogens with zero attached hydrogens (tertiary/aromatic N) is 1. The number of benzene rings is 1. The van der Waals surface area contributed by atoms with Crippen LogP contribution in [0.3, 0.4) is 0 Å². The smallest absolute Gasteiger partial charge is 0.280 e. The zero-order chi connectivity index (χ0) is 14.3. The number of unbranched alkanes of at least 4 members (excludes halogenated alkanes) is 3. The average Bonchev–Trinajstić information content (AvgIpc) is 2.35. The molecule has 0 aliphatic carbocycles. The number of hydrogen-bond acceptors (Lipinski definition) is 1. The van der Waals surface area contributed by atoms with Crippen LogP contribution in [0, 0.1) is 0 Å². The van der Waals surface area contributed by atoms with Crippen LogP contribution in [0.4, 0.5) is 0 Å². The third kappa shape index (κ3) is 5.30. The molecule has 0 aliphatic rings. The van der Waals surface area contributed by atoms with Gasteiger partial charge in [0.05, 0.1) is 0 Å². The van der Waals surface area contributed by atoms with Crippen molar-refractivity contribution in [1.82, 2.24) is 0 Å². The van der Waals surface area contributed by atoms with Gasteiger partial charge in [-0.15, -0.1) is 0 Å². The number of rotatable bonds is 6. The Morgan fingerprint density at radius 3 is 2.58 bits per heavy atom. The molecule has 0 fully saturated rings. The number of carbonyl (C=O) groups excluding carboxylic acids is 1. The molecule has 104 valence electrons. The van der Waals surface area contributed by atoms with Crippen LogP contribution in [-0.2, 0) is 6.42 Å². The zero-order valence-corrected chi connectivity index (χ0v) is 11.9. The molecule has 4 nitrogen and oxygen atoms in total. The molecule has 1 rings (SSSR count). The Bertz CT molecular complexity index is 468. The van der Waals surface area contributed by atoms with Crippen LogP contribution < -0.4 is 11.5 Å². The molecule has 0 heterocycles. The summed E-state index contributed by atoms with van der Waals surface area (Å²) in [5.41, 5.74) is 11.8. The standard InChI is InChI=1S/C14H20ClN3O/c1-2-3-4-5-6-10-7-8-11(9-12(10)15)13(19)18-14(16)17/h7-9H,2-6H2,1H3,(H4,16,17,18,19). The summed E-state index contributed by atoms with van der Waals surface area (Å²) in [5.74, 6) is -0.718. The highest BCUT2D eigenvalue weighted by Gasteiger charge is 2.08. The summed E-state index contributed by atoms with van der Waals surface area (Å²) < 4.78 is 0. The van der Waals surface area contributed by atoms with E-state index in [1.165, 1.54) is 19.3 Å². The molecule has 0 radical (unpaired) electrons. The first-order chi connectivity index (χ1) is 9.04. The first kappa shape index (κ1) is 15.5. The van der Waals surface area contributed by atoms with Crippen molar-refractivity contribution < 1.29 is 4.79 Å². The van der Waals surface area contributed by atoms with E-state index in [9.17, 15) is 4.79 Å². The minimum atomic E-state index is -0.473. The van der Waals surface area contributed by atoms with Gasteiger partial charge in [-0.2, -0.15) is 4.99 Å². The minimum Gasteiger partial charge on any atom is -0.370 e. The number of aliphatic imine (C=N–C) groups is 1. The highest BCUT2D eigenvalue weighted by atomic mass is 35.5. The van der Waals surface area contributed by atoms with E-state index in [0.717, 1.165) is 18.4 Å². The molecule has 0 spiro atoms. The van der Waals surface area contributed by atoms with E-state index in [-0.39, 0.29) is 5.96 Å². The normalized spacial score (nSPS) is 10.2. The van der Waals surface area contributed by atoms with E-state index in [0.29, 0.717) is 10.6 Å². The van der Waals surface area contributed by atoms with Crippen molar-refractivity contribution >= 4 is 23.5 Å². The Balaban J connectivity index is 2.69.